The van der Waals surface area contributed by atoms with E-state index in [1.165, 1.54) is 0 Å². The molecule has 1 rings (SSSR count). The minimum Gasteiger partial charge on any atom is -0.537 e. The Morgan fingerprint density at radius 3 is 2.74 bits per heavy atom. The molecule has 0 spiro atoms. The second-order valence-corrected chi connectivity index (χ2v) is 4.24. The molecule has 0 heterocycles. The van der Waals surface area contributed by atoms with Gasteiger partial charge >= 0.3 is 7.69 Å². The van der Waals surface area contributed by atoms with E-state index in [0.29, 0.717) is 6.54 Å². The Balaban J connectivity index is 2.84. The molecule has 0 aliphatic heterocycles. The van der Waals surface area contributed by atoms with Gasteiger partial charge in [0.2, 0.25) is 0 Å². The van der Waals surface area contributed by atoms with E-state index in [-0.39, 0.29) is 11.5 Å². The molecular weight excluding hydrogens is 255 g/mol. The Morgan fingerprint density at radius 2 is 2.16 bits per heavy atom. The number of carbonyl (C=O) groups is 1. The third-order valence-corrected chi connectivity index (χ3v) is 2.82. The minimum absolute atomic E-state index is 0.258. The van der Waals surface area contributed by atoms with Crippen molar-refractivity contribution in [1.29, 1.82) is 0 Å². The molecule has 0 saturated carbocycles. The van der Waals surface area contributed by atoms with Crippen molar-refractivity contribution in [2.45, 2.75) is 20.3 Å². The number of nitrogens with one attached hydrogen (secondary N) is 1. The second kappa shape index (κ2) is 7.08. The van der Waals surface area contributed by atoms with Crippen LogP contribution < -0.4 is 9.97 Å². The zero-order valence-corrected chi connectivity index (χ0v) is 10.9. The standard InChI is InChI=1S/C12H16BF2NO3/c1-3-7(2)6-16-12(17)8-4-5-9(19-13-18)11(15)10(8)14/h4-5,7,13,18H,3,6H2,1-2H3,(H,16,17). The molecule has 0 radical (unpaired) electrons. The summed E-state index contributed by atoms with van der Waals surface area (Å²) in [6, 6.07) is 2.22. The number of hydrogen-bond donors (Lipinski definition) is 2. The molecule has 1 aromatic carbocycles. The zero-order chi connectivity index (χ0) is 14.4. The predicted octanol–water partition coefficient (Wildman–Crippen LogP) is 1.38. The van der Waals surface area contributed by atoms with Crippen molar-refractivity contribution in [3.63, 3.8) is 0 Å². The second-order valence-electron chi connectivity index (χ2n) is 4.24. The number of rotatable bonds is 6. The maximum Gasteiger partial charge on any atom is 0.504 e. The van der Waals surface area contributed by atoms with Crippen LogP contribution in [0.4, 0.5) is 8.78 Å². The lowest BCUT2D eigenvalue weighted by molar-refractivity contribution is 0.0942. The summed E-state index contributed by atoms with van der Waals surface area (Å²) in [6.07, 6.45) is 0.875. The Hall–Kier alpha value is -1.63. The molecular formula is C12H16BF2NO3. The molecule has 1 unspecified atom stereocenters. The minimum atomic E-state index is -1.29. The van der Waals surface area contributed by atoms with E-state index < -0.39 is 31.0 Å². The van der Waals surface area contributed by atoms with Crippen molar-refractivity contribution in [2.24, 2.45) is 5.92 Å². The summed E-state index contributed by atoms with van der Waals surface area (Å²) in [7, 11) is -0.768. The van der Waals surface area contributed by atoms with Gasteiger partial charge in [-0.25, -0.2) is 4.39 Å². The largest absolute Gasteiger partial charge is 0.537 e. The van der Waals surface area contributed by atoms with Gasteiger partial charge < -0.3 is 15.0 Å². The van der Waals surface area contributed by atoms with Crippen molar-refractivity contribution < 1.29 is 23.3 Å². The van der Waals surface area contributed by atoms with Crippen LogP contribution in [0, 0.1) is 17.6 Å². The first-order valence-corrected chi connectivity index (χ1v) is 6.01. The topological polar surface area (TPSA) is 58.6 Å². The number of amides is 1. The Bertz CT molecular complexity index is 457. The van der Waals surface area contributed by atoms with Gasteiger partial charge in [-0.1, -0.05) is 20.3 Å². The molecule has 104 valence electrons. The lowest BCUT2D eigenvalue weighted by Crippen LogP contribution is -2.29. The zero-order valence-electron chi connectivity index (χ0n) is 10.9. The van der Waals surface area contributed by atoms with E-state index in [4.69, 9.17) is 5.02 Å². The van der Waals surface area contributed by atoms with Crippen LogP contribution >= 0.6 is 0 Å². The first kappa shape index (κ1) is 15.4. The fourth-order valence-corrected chi connectivity index (χ4v) is 1.39. The van der Waals surface area contributed by atoms with Gasteiger partial charge in [-0.3, -0.25) is 4.79 Å². The molecule has 0 fully saturated rings. The van der Waals surface area contributed by atoms with Crippen LogP contribution in [0.2, 0.25) is 0 Å². The van der Waals surface area contributed by atoms with Crippen molar-refractivity contribution in [2.75, 3.05) is 6.54 Å². The Kier molecular flexibility index (Phi) is 5.75. The monoisotopic (exact) mass is 271 g/mol. The molecule has 2 N–H and O–H groups in total. The van der Waals surface area contributed by atoms with Crippen LogP contribution in [0.25, 0.3) is 0 Å². The van der Waals surface area contributed by atoms with E-state index >= 15 is 0 Å². The summed E-state index contributed by atoms with van der Waals surface area (Å²) >= 11 is 0. The van der Waals surface area contributed by atoms with Crippen molar-refractivity contribution in [1.82, 2.24) is 5.32 Å². The smallest absolute Gasteiger partial charge is 0.504 e. The maximum atomic E-state index is 13.6. The number of halogens is 2. The molecule has 7 heteroatoms. The highest BCUT2D eigenvalue weighted by Gasteiger charge is 2.19. The number of hydrogen-bond acceptors (Lipinski definition) is 3. The van der Waals surface area contributed by atoms with Crippen LogP contribution in [-0.4, -0.2) is 25.2 Å². The maximum absolute atomic E-state index is 13.6. The van der Waals surface area contributed by atoms with Crippen molar-refractivity contribution in [3.05, 3.63) is 29.3 Å². The molecule has 1 atom stereocenters. The van der Waals surface area contributed by atoms with Crippen molar-refractivity contribution in [3.8, 4) is 5.75 Å². The van der Waals surface area contributed by atoms with Gasteiger partial charge in [0.15, 0.2) is 11.6 Å². The highest BCUT2D eigenvalue weighted by Crippen LogP contribution is 2.22. The Morgan fingerprint density at radius 1 is 1.47 bits per heavy atom. The van der Waals surface area contributed by atoms with Crippen LogP contribution in [0.15, 0.2) is 12.1 Å². The molecule has 0 aliphatic carbocycles. The van der Waals surface area contributed by atoms with Crippen LogP contribution in [-0.2, 0) is 0 Å². The lowest BCUT2D eigenvalue weighted by atomic mass is 10.1. The summed E-state index contributed by atoms with van der Waals surface area (Å²) in [4.78, 5) is 11.7. The lowest BCUT2D eigenvalue weighted by Gasteiger charge is -2.12. The summed E-state index contributed by atoms with van der Waals surface area (Å²) in [5.41, 5.74) is -0.383. The van der Waals surface area contributed by atoms with Crippen molar-refractivity contribution >= 4 is 13.6 Å². The third kappa shape index (κ3) is 3.92. The summed E-state index contributed by atoms with van der Waals surface area (Å²) in [6.45, 7) is 4.30. The average molecular weight is 271 g/mol. The van der Waals surface area contributed by atoms with E-state index in [1.807, 2.05) is 13.8 Å². The molecule has 4 nitrogen and oxygen atoms in total. The van der Waals surface area contributed by atoms with Gasteiger partial charge in [0.05, 0.1) is 5.56 Å². The van der Waals surface area contributed by atoms with E-state index in [9.17, 15) is 13.6 Å². The van der Waals surface area contributed by atoms with E-state index in [2.05, 4.69) is 9.97 Å². The summed E-state index contributed by atoms with van der Waals surface area (Å²) in [5.74, 6) is -3.42. The van der Waals surface area contributed by atoms with Gasteiger partial charge in [0, 0.05) is 6.54 Å². The number of benzene rings is 1. The predicted molar refractivity (Wildman–Crippen MR) is 68.1 cm³/mol. The van der Waals surface area contributed by atoms with Gasteiger partial charge in [-0.15, -0.1) is 0 Å². The van der Waals surface area contributed by atoms with Crippen LogP contribution in [0.1, 0.15) is 30.6 Å². The van der Waals surface area contributed by atoms with E-state index in [0.717, 1.165) is 18.6 Å². The van der Waals surface area contributed by atoms with Gasteiger partial charge in [0.1, 0.15) is 5.75 Å². The molecule has 19 heavy (non-hydrogen) atoms. The molecule has 0 aliphatic rings. The van der Waals surface area contributed by atoms with Gasteiger partial charge in [-0.2, -0.15) is 4.39 Å². The van der Waals surface area contributed by atoms with Gasteiger partial charge in [-0.05, 0) is 18.1 Å². The van der Waals surface area contributed by atoms with Crippen LogP contribution in [0.5, 0.6) is 5.75 Å². The third-order valence-electron chi connectivity index (χ3n) is 2.82. The Labute approximate surface area is 111 Å². The first-order chi connectivity index (χ1) is 9.01. The highest BCUT2D eigenvalue weighted by atomic mass is 19.2. The fraction of sp³-hybridized carbons (Fsp3) is 0.417. The first-order valence-electron chi connectivity index (χ1n) is 6.01. The quantitative estimate of drug-likeness (QED) is 0.768. The molecule has 1 amide bonds. The SMILES string of the molecule is CCC(C)CNC(=O)c1ccc(OBO)c(F)c1F. The summed E-state index contributed by atoms with van der Waals surface area (Å²) < 4.78 is 31.6. The molecule has 0 saturated heterocycles. The van der Waals surface area contributed by atoms with Crippen LogP contribution in [0.3, 0.4) is 0 Å². The van der Waals surface area contributed by atoms with Gasteiger partial charge in [0.25, 0.3) is 5.91 Å². The average Bonchev–Trinajstić information content (AvgIpc) is 2.41. The number of carbonyl (C=O) groups excluding carboxylic acids is 1. The van der Waals surface area contributed by atoms with E-state index in [1.54, 1.807) is 0 Å². The molecule has 1 aromatic rings. The highest BCUT2D eigenvalue weighted by molar-refractivity contribution is 6.17. The normalized spacial score (nSPS) is 11.8. The fourth-order valence-electron chi connectivity index (χ4n) is 1.39. The molecule has 0 aromatic heterocycles. The summed E-state index contributed by atoms with van der Waals surface area (Å²) in [5, 5.41) is 11.0. The molecule has 0 bridgehead atoms.